The van der Waals surface area contributed by atoms with Gasteiger partial charge in [-0.3, -0.25) is 4.79 Å². The van der Waals surface area contributed by atoms with Crippen molar-refractivity contribution in [1.82, 2.24) is 19.7 Å². The van der Waals surface area contributed by atoms with E-state index in [-0.39, 0.29) is 12.5 Å². The monoisotopic (exact) mass is 260 g/mol. The van der Waals surface area contributed by atoms with E-state index in [4.69, 9.17) is 5.73 Å². The fraction of sp³-hybridized carbons (Fsp3) is 0.417. The van der Waals surface area contributed by atoms with Crippen LogP contribution in [0.15, 0.2) is 18.6 Å². The number of imidazole rings is 1. The number of fused-ring (bicyclic) bond motifs is 1. The van der Waals surface area contributed by atoms with Crippen molar-refractivity contribution < 1.29 is 4.79 Å². The molecule has 0 saturated heterocycles. The second-order valence-corrected chi connectivity index (χ2v) is 4.85. The zero-order valence-electron chi connectivity index (χ0n) is 10.7. The number of nitrogens with two attached hydrogens (primary N) is 1. The molecule has 0 aromatic carbocycles. The van der Waals surface area contributed by atoms with E-state index in [0.717, 1.165) is 12.8 Å². The van der Waals surface area contributed by atoms with Crippen LogP contribution in [-0.2, 0) is 4.79 Å². The molecule has 0 aliphatic heterocycles. The van der Waals surface area contributed by atoms with Gasteiger partial charge in [-0.25, -0.2) is 9.97 Å². The van der Waals surface area contributed by atoms with Gasteiger partial charge < -0.3 is 20.4 Å². The van der Waals surface area contributed by atoms with Crippen LogP contribution in [0.25, 0.3) is 5.65 Å². The lowest BCUT2D eigenvalue weighted by atomic mass is 10.4. The summed E-state index contributed by atoms with van der Waals surface area (Å²) in [5.41, 5.74) is 6.45. The predicted molar refractivity (Wildman–Crippen MR) is 71.8 cm³/mol. The van der Waals surface area contributed by atoms with E-state index in [0.29, 0.717) is 23.3 Å². The van der Waals surface area contributed by atoms with E-state index in [1.165, 1.54) is 0 Å². The van der Waals surface area contributed by atoms with E-state index in [2.05, 4.69) is 15.3 Å². The lowest BCUT2D eigenvalue weighted by Gasteiger charge is -2.18. The molecule has 2 heterocycles. The maximum absolute atomic E-state index is 11.8. The molecule has 1 aliphatic rings. The molecule has 3 N–H and O–H groups in total. The van der Waals surface area contributed by atoms with Gasteiger partial charge in [0.1, 0.15) is 5.82 Å². The maximum Gasteiger partial charge on any atom is 0.239 e. The Labute approximate surface area is 110 Å². The Morgan fingerprint density at radius 3 is 3.16 bits per heavy atom. The van der Waals surface area contributed by atoms with E-state index in [1.807, 2.05) is 7.05 Å². The Balaban J connectivity index is 1.81. The van der Waals surface area contributed by atoms with Crippen LogP contribution in [0, 0.1) is 0 Å². The predicted octanol–water partition coefficient (Wildman–Crippen LogP) is 0.0263. The van der Waals surface area contributed by atoms with Crippen LogP contribution in [0.3, 0.4) is 0 Å². The molecule has 19 heavy (non-hydrogen) atoms. The van der Waals surface area contributed by atoms with Gasteiger partial charge in [0, 0.05) is 25.5 Å². The average molecular weight is 260 g/mol. The van der Waals surface area contributed by atoms with Gasteiger partial charge in [-0.05, 0) is 12.8 Å². The summed E-state index contributed by atoms with van der Waals surface area (Å²) in [7, 11) is 1.81. The first-order chi connectivity index (χ1) is 9.13. The summed E-state index contributed by atoms with van der Waals surface area (Å²) in [6.07, 6.45) is 7.34. The van der Waals surface area contributed by atoms with Gasteiger partial charge in [-0.2, -0.15) is 0 Å². The summed E-state index contributed by atoms with van der Waals surface area (Å²) in [5.74, 6) is 1.00. The number of likely N-dealkylation sites (N-methyl/N-ethyl adjacent to an activating group) is 1. The van der Waals surface area contributed by atoms with Crippen molar-refractivity contribution in [2.24, 2.45) is 0 Å². The highest BCUT2D eigenvalue weighted by atomic mass is 16.2. The highest BCUT2D eigenvalue weighted by molar-refractivity contribution is 5.83. The van der Waals surface area contributed by atoms with Crippen LogP contribution in [0.5, 0.6) is 0 Å². The number of nitrogens with one attached hydrogen (secondary N) is 1. The molecule has 0 radical (unpaired) electrons. The van der Waals surface area contributed by atoms with E-state index in [1.54, 1.807) is 27.9 Å². The van der Waals surface area contributed by atoms with Crippen molar-refractivity contribution in [3.05, 3.63) is 18.6 Å². The molecule has 1 fully saturated rings. The fourth-order valence-electron chi connectivity index (χ4n) is 1.98. The number of hydrogen-bond acceptors (Lipinski definition) is 5. The van der Waals surface area contributed by atoms with Crippen molar-refractivity contribution >= 4 is 23.2 Å². The zero-order chi connectivity index (χ0) is 13.4. The van der Waals surface area contributed by atoms with Crippen molar-refractivity contribution in [2.45, 2.75) is 18.9 Å². The molecule has 1 amide bonds. The van der Waals surface area contributed by atoms with Crippen molar-refractivity contribution in [3.8, 4) is 0 Å². The van der Waals surface area contributed by atoms with Crippen LogP contribution >= 0.6 is 0 Å². The van der Waals surface area contributed by atoms with Gasteiger partial charge in [0.15, 0.2) is 11.5 Å². The second-order valence-electron chi connectivity index (χ2n) is 4.85. The summed E-state index contributed by atoms with van der Waals surface area (Å²) in [5, 5.41) is 2.94. The first-order valence-corrected chi connectivity index (χ1v) is 6.23. The van der Waals surface area contributed by atoms with Crippen molar-refractivity contribution in [1.29, 1.82) is 0 Å². The van der Waals surface area contributed by atoms with Crippen molar-refractivity contribution in [2.75, 3.05) is 24.2 Å². The molecule has 1 aliphatic carbocycles. The lowest BCUT2D eigenvalue weighted by Crippen LogP contribution is -2.36. The fourth-order valence-corrected chi connectivity index (χ4v) is 1.98. The standard InChI is InChI=1S/C12H16N6O/c1-17(7-10(19)15-8-2-3-8)12-11-14-4-5-18(11)6-9(13)16-12/h4-6,8H,2-3,7,13H2,1H3,(H,15,19). The molecule has 100 valence electrons. The summed E-state index contributed by atoms with van der Waals surface area (Å²) in [6, 6.07) is 0.362. The largest absolute Gasteiger partial charge is 0.382 e. The average Bonchev–Trinajstić information content (AvgIpc) is 3.03. The van der Waals surface area contributed by atoms with Gasteiger partial charge in [-0.15, -0.1) is 0 Å². The quantitative estimate of drug-likeness (QED) is 0.809. The number of rotatable bonds is 4. The van der Waals surface area contributed by atoms with Gasteiger partial charge in [0.25, 0.3) is 0 Å². The molecule has 0 atom stereocenters. The third kappa shape index (κ3) is 2.44. The molecular formula is C12H16N6O. The molecule has 7 heteroatoms. The minimum absolute atomic E-state index is 0.000990. The van der Waals surface area contributed by atoms with Gasteiger partial charge in [0.05, 0.1) is 12.7 Å². The highest BCUT2D eigenvalue weighted by Gasteiger charge is 2.24. The molecule has 3 rings (SSSR count). The highest BCUT2D eigenvalue weighted by Crippen LogP contribution is 2.20. The Morgan fingerprint density at radius 2 is 2.42 bits per heavy atom. The minimum Gasteiger partial charge on any atom is -0.382 e. The van der Waals surface area contributed by atoms with E-state index < -0.39 is 0 Å². The third-order valence-electron chi connectivity index (χ3n) is 3.06. The minimum atomic E-state index is -0.000990. The molecule has 7 nitrogen and oxygen atoms in total. The van der Waals surface area contributed by atoms with Gasteiger partial charge in [0.2, 0.25) is 5.91 Å². The van der Waals surface area contributed by atoms with Crippen LogP contribution < -0.4 is 16.0 Å². The number of aromatic nitrogens is 3. The Morgan fingerprint density at radius 1 is 1.63 bits per heavy atom. The summed E-state index contributed by atoms with van der Waals surface area (Å²) >= 11 is 0. The van der Waals surface area contributed by atoms with Crippen LogP contribution in [0.2, 0.25) is 0 Å². The lowest BCUT2D eigenvalue weighted by molar-refractivity contribution is -0.119. The number of amides is 1. The van der Waals surface area contributed by atoms with Crippen molar-refractivity contribution in [3.63, 3.8) is 0 Å². The smallest absolute Gasteiger partial charge is 0.239 e. The third-order valence-corrected chi connectivity index (χ3v) is 3.06. The summed E-state index contributed by atoms with van der Waals surface area (Å²) in [6.45, 7) is 0.246. The number of hydrogen-bond donors (Lipinski definition) is 2. The first-order valence-electron chi connectivity index (χ1n) is 6.23. The SMILES string of the molecule is CN(CC(=O)NC1CC1)c1nc(N)cn2ccnc12. The number of carbonyl (C=O) groups excluding carboxylic acids is 1. The van der Waals surface area contributed by atoms with Gasteiger partial charge >= 0.3 is 0 Å². The number of nitrogen functional groups attached to an aromatic ring is 1. The molecule has 2 aromatic heterocycles. The van der Waals surface area contributed by atoms with Crippen LogP contribution in [0.1, 0.15) is 12.8 Å². The van der Waals surface area contributed by atoms with Crippen LogP contribution in [0.4, 0.5) is 11.6 Å². The second kappa shape index (κ2) is 4.42. The number of anilines is 2. The number of carbonyl (C=O) groups is 1. The number of nitrogens with zero attached hydrogens (tertiary/aromatic N) is 4. The van der Waals surface area contributed by atoms with Gasteiger partial charge in [-0.1, -0.05) is 0 Å². The first kappa shape index (κ1) is 11.8. The molecule has 0 spiro atoms. The Bertz CT molecular complexity index is 618. The Hall–Kier alpha value is -2.31. The summed E-state index contributed by atoms with van der Waals surface area (Å²) in [4.78, 5) is 22.1. The molecule has 0 unspecified atom stereocenters. The van der Waals surface area contributed by atoms with E-state index in [9.17, 15) is 4.79 Å². The molecule has 0 bridgehead atoms. The molecule has 2 aromatic rings. The summed E-state index contributed by atoms with van der Waals surface area (Å²) < 4.78 is 1.80. The normalized spacial score (nSPS) is 14.6. The Kier molecular flexibility index (Phi) is 2.73. The topological polar surface area (TPSA) is 88.5 Å². The molecular weight excluding hydrogens is 244 g/mol. The zero-order valence-corrected chi connectivity index (χ0v) is 10.7. The van der Waals surface area contributed by atoms with Crippen LogP contribution in [-0.4, -0.2) is 39.9 Å². The van der Waals surface area contributed by atoms with E-state index >= 15 is 0 Å². The maximum atomic E-state index is 11.8. The molecule has 1 saturated carbocycles.